The van der Waals surface area contributed by atoms with E-state index in [1.807, 2.05) is 31.2 Å². The Labute approximate surface area is 191 Å². The lowest BCUT2D eigenvalue weighted by Crippen LogP contribution is -2.40. The summed E-state index contributed by atoms with van der Waals surface area (Å²) in [6.07, 6.45) is 4.24. The molecule has 0 atom stereocenters. The summed E-state index contributed by atoms with van der Waals surface area (Å²) in [6.45, 7) is 4.80. The van der Waals surface area contributed by atoms with Crippen molar-refractivity contribution in [3.05, 3.63) is 56.0 Å². The Morgan fingerprint density at radius 1 is 1.06 bits per heavy atom. The fourth-order valence-electron chi connectivity index (χ4n) is 3.68. The third-order valence-electron chi connectivity index (χ3n) is 5.64. The van der Waals surface area contributed by atoms with E-state index < -0.39 is 5.56 Å². The van der Waals surface area contributed by atoms with Gasteiger partial charge in [-0.1, -0.05) is 37.5 Å². The Kier molecular flexibility index (Phi) is 7.90. The molecule has 0 fully saturated rings. The molecular weight excluding hydrogens is 430 g/mol. The van der Waals surface area contributed by atoms with Gasteiger partial charge in [-0.25, -0.2) is 4.79 Å². The molecule has 32 heavy (non-hydrogen) atoms. The second kappa shape index (κ2) is 10.6. The number of anilines is 1. The molecule has 1 aromatic carbocycles. The number of hydrogen-bond acceptors (Lipinski definition) is 4. The average Bonchev–Trinajstić information content (AvgIpc) is 3.17. The first kappa shape index (κ1) is 23.8. The number of fused-ring (bicyclic) bond motifs is 1. The molecule has 3 rings (SSSR count). The van der Waals surface area contributed by atoms with Crippen molar-refractivity contribution in [3.8, 4) is 0 Å². The number of nitrogens with one attached hydrogen (secondary N) is 1. The summed E-state index contributed by atoms with van der Waals surface area (Å²) < 4.78 is 2.74. The molecule has 0 radical (unpaired) electrons. The number of rotatable bonds is 10. The van der Waals surface area contributed by atoms with Crippen LogP contribution in [0.4, 0.5) is 5.69 Å². The minimum Gasteiger partial charge on any atom is -0.323 e. The average molecular weight is 460 g/mol. The van der Waals surface area contributed by atoms with Crippen LogP contribution >= 0.6 is 11.6 Å². The Hall–Kier alpha value is -2.87. The molecule has 9 heteroatoms. The van der Waals surface area contributed by atoms with E-state index in [-0.39, 0.29) is 28.9 Å². The van der Waals surface area contributed by atoms with Crippen LogP contribution in [0.1, 0.15) is 51.0 Å². The van der Waals surface area contributed by atoms with E-state index >= 15 is 0 Å². The lowest BCUT2D eigenvalue weighted by Gasteiger charge is -2.17. The zero-order valence-electron chi connectivity index (χ0n) is 18.9. The minimum atomic E-state index is -0.431. The molecule has 172 valence electrons. The lowest BCUT2D eigenvalue weighted by molar-refractivity contribution is -0.118. The highest BCUT2D eigenvalue weighted by atomic mass is 35.5. The van der Waals surface area contributed by atoms with Crippen LogP contribution in [0.25, 0.3) is 11.2 Å². The Balaban J connectivity index is 1.69. The van der Waals surface area contributed by atoms with Crippen molar-refractivity contribution in [1.29, 1.82) is 0 Å². The van der Waals surface area contributed by atoms with Crippen molar-refractivity contribution in [2.45, 2.75) is 65.5 Å². The fourth-order valence-corrected chi connectivity index (χ4v) is 3.86. The Morgan fingerprint density at radius 3 is 2.41 bits per heavy atom. The summed E-state index contributed by atoms with van der Waals surface area (Å²) in [5.74, 6) is -0.00558. The number of halogens is 1. The topological polar surface area (TPSA) is 93.0 Å². The number of unbranched alkanes of at least 4 members (excludes halogenated alkanes) is 3. The van der Waals surface area contributed by atoms with E-state index in [1.165, 1.54) is 9.13 Å². The number of aromatic nitrogens is 4. The van der Waals surface area contributed by atoms with Gasteiger partial charge in [0.15, 0.2) is 11.2 Å². The predicted molar refractivity (Wildman–Crippen MR) is 128 cm³/mol. The fraction of sp³-hybridized carbons (Fsp3) is 0.478. The second-order valence-electron chi connectivity index (χ2n) is 8.07. The number of amides is 1. The monoisotopic (exact) mass is 459 g/mol. The number of H-pyrrole nitrogens is 1. The first-order valence-electron chi connectivity index (χ1n) is 11.1. The zero-order chi connectivity index (χ0) is 23.3. The molecule has 3 aromatic rings. The van der Waals surface area contributed by atoms with Crippen molar-refractivity contribution in [3.63, 3.8) is 0 Å². The van der Waals surface area contributed by atoms with Crippen LogP contribution in [-0.2, 0) is 17.9 Å². The number of benzene rings is 1. The number of imidazole rings is 1. The van der Waals surface area contributed by atoms with Crippen LogP contribution in [0.5, 0.6) is 0 Å². The normalized spacial score (nSPS) is 11.2. The van der Waals surface area contributed by atoms with Crippen LogP contribution in [0.3, 0.4) is 0 Å². The number of aromatic amines is 1. The number of aryl methyl sites for hydroxylation is 2. The summed E-state index contributed by atoms with van der Waals surface area (Å²) in [6, 6.07) is 7.76. The van der Waals surface area contributed by atoms with Gasteiger partial charge in [0.2, 0.25) is 11.2 Å². The first-order chi connectivity index (χ1) is 15.3. The van der Waals surface area contributed by atoms with Gasteiger partial charge < -0.3 is 9.88 Å². The largest absolute Gasteiger partial charge is 0.332 e. The molecule has 0 saturated carbocycles. The van der Waals surface area contributed by atoms with E-state index in [0.29, 0.717) is 31.5 Å². The molecule has 0 aliphatic rings. The van der Waals surface area contributed by atoms with Gasteiger partial charge in [0.1, 0.15) is 0 Å². The molecule has 2 aromatic heterocycles. The third kappa shape index (κ3) is 5.30. The van der Waals surface area contributed by atoms with Crippen LogP contribution in [0, 0.1) is 6.92 Å². The molecule has 0 unspecified atom stereocenters. The summed E-state index contributed by atoms with van der Waals surface area (Å²) in [5.41, 5.74) is 1.70. The van der Waals surface area contributed by atoms with E-state index in [1.54, 1.807) is 11.9 Å². The summed E-state index contributed by atoms with van der Waals surface area (Å²) in [7, 11) is 1.75. The van der Waals surface area contributed by atoms with Crippen LogP contribution in [0.2, 0.25) is 5.28 Å². The highest BCUT2D eigenvalue weighted by molar-refractivity contribution is 6.28. The van der Waals surface area contributed by atoms with Gasteiger partial charge in [0, 0.05) is 32.2 Å². The zero-order valence-corrected chi connectivity index (χ0v) is 19.6. The maximum atomic E-state index is 13.0. The number of hydrogen-bond donors (Lipinski definition) is 1. The molecule has 0 spiro atoms. The van der Waals surface area contributed by atoms with Crippen LogP contribution in [0.15, 0.2) is 33.9 Å². The Bertz CT molecular complexity index is 1190. The smallest absolute Gasteiger partial charge is 0.323 e. The molecule has 1 N–H and O–H groups in total. The van der Waals surface area contributed by atoms with Crippen LogP contribution < -0.4 is 16.1 Å². The van der Waals surface area contributed by atoms with Gasteiger partial charge >= 0.3 is 5.69 Å². The van der Waals surface area contributed by atoms with Gasteiger partial charge in [-0.3, -0.25) is 18.7 Å². The van der Waals surface area contributed by atoms with E-state index in [0.717, 1.165) is 30.5 Å². The maximum absolute atomic E-state index is 13.0. The van der Waals surface area contributed by atoms with Gasteiger partial charge in [0.25, 0.3) is 5.56 Å². The van der Waals surface area contributed by atoms with Gasteiger partial charge in [-0.2, -0.15) is 4.98 Å². The first-order valence-corrected chi connectivity index (χ1v) is 11.4. The highest BCUT2D eigenvalue weighted by Gasteiger charge is 2.17. The Morgan fingerprint density at radius 2 is 1.72 bits per heavy atom. The minimum absolute atomic E-state index is 0.00558. The van der Waals surface area contributed by atoms with Gasteiger partial charge in [-0.05, 0) is 49.9 Å². The maximum Gasteiger partial charge on any atom is 0.332 e. The SMILES string of the molecule is CCCCCn1c(=O)n(CCCCC(=O)N(C)c2ccc(C)cc2)c(=O)c2[nH]c(Cl)nc21. The van der Waals surface area contributed by atoms with E-state index in [9.17, 15) is 14.4 Å². The van der Waals surface area contributed by atoms with Crippen molar-refractivity contribution >= 4 is 34.4 Å². The van der Waals surface area contributed by atoms with Crippen LogP contribution in [-0.4, -0.2) is 32.1 Å². The number of nitrogens with zero attached hydrogens (tertiary/aromatic N) is 4. The molecule has 0 aliphatic heterocycles. The summed E-state index contributed by atoms with van der Waals surface area (Å²) >= 11 is 5.97. The number of carbonyl (C=O) groups excluding carboxylic acids is 1. The molecule has 0 aliphatic carbocycles. The molecular formula is C23H30ClN5O3. The lowest BCUT2D eigenvalue weighted by atomic mass is 10.2. The highest BCUT2D eigenvalue weighted by Crippen LogP contribution is 2.15. The molecule has 1 amide bonds. The number of carbonyl (C=O) groups is 1. The van der Waals surface area contributed by atoms with Gasteiger partial charge in [-0.15, -0.1) is 0 Å². The van der Waals surface area contributed by atoms with Crippen molar-refractivity contribution in [1.82, 2.24) is 19.1 Å². The van der Waals surface area contributed by atoms with E-state index in [2.05, 4.69) is 16.9 Å². The van der Waals surface area contributed by atoms with Crippen molar-refractivity contribution < 1.29 is 4.79 Å². The standard InChI is InChI=1S/C23H30ClN5O3/c1-4-5-7-14-28-20-19(25-22(24)26-20)21(31)29(23(28)32)15-8-6-9-18(30)27(3)17-12-10-16(2)11-13-17/h10-13H,4-9,14-15H2,1-3H3,(H,25,26). The molecule has 2 heterocycles. The van der Waals surface area contributed by atoms with Crippen molar-refractivity contribution in [2.24, 2.45) is 0 Å². The van der Waals surface area contributed by atoms with Crippen molar-refractivity contribution in [2.75, 3.05) is 11.9 Å². The van der Waals surface area contributed by atoms with E-state index in [4.69, 9.17) is 11.6 Å². The summed E-state index contributed by atoms with van der Waals surface area (Å²) in [4.78, 5) is 46.9. The molecule has 0 saturated heterocycles. The second-order valence-corrected chi connectivity index (χ2v) is 8.43. The molecule has 0 bridgehead atoms. The quantitative estimate of drug-likeness (QED) is 0.368. The predicted octanol–water partition coefficient (Wildman–Crippen LogP) is 3.87. The third-order valence-corrected chi connectivity index (χ3v) is 5.81. The molecule has 8 nitrogen and oxygen atoms in total. The summed E-state index contributed by atoms with van der Waals surface area (Å²) in [5, 5.41) is 0.0863. The van der Waals surface area contributed by atoms with Gasteiger partial charge in [0.05, 0.1) is 0 Å².